The number of carbonyl (C=O) groups is 1. The molecule has 1 atom stereocenters. The van der Waals surface area contributed by atoms with Gasteiger partial charge >= 0.3 is 10.2 Å². The van der Waals surface area contributed by atoms with Crippen molar-refractivity contribution in [1.82, 2.24) is 4.90 Å². The molecule has 0 bridgehead atoms. The molecule has 2 heterocycles. The molecule has 0 aromatic heterocycles. The second kappa shape index (κ2) is 8.46. The number of nitrogens with two attached hydrogens (primary N) is 1. The van der Waals surface area contributed by atoms with E-state index in [4.69, 9.17) is 15.2 Å². The highest BCUT2D eigenvalue weighted by Crippen LogP contribution is 2.31. The van der Waals surface area contributed by atoms with E-state index in [-0.39, 0.29) is 17.7 Å². The third-order valence-electron chi connectivity index (χ3n) is 5.36. The van der Waals surface area contributed by atoms with Crippen molar-refractivity contribution in [2.45, 2.75) is 12.8 Å². The number of nitrogens with one attached hydrogen (secondary N) is 1. The van der Waals surface area contributed by atoms with Crippen molar-refractivity contribution in [3.05, 3.63) is 53.6 Å². The van der Waals surface area contributed by atoms with Crippen LogP contribution in [0.1, 0.15) is 28.8 Å². The molecule has 0 aliphatic carbocycles. The summed E-state index contributed by atoms with van der Waals surface area (Å²) in [6.45, 7) is 1.66. The van der Waals surface area contributed by atoms with Crippen LogP contribution in [0, 0.1) is 5.92 Å². The van der Waals surface area contributed by atoms with Crippen LogP contribution in [0.4, 0.5) is 5.69 Å². The Kier molecular flexibility index (Phi) is 5.73. The minimum atomic E-state index is -3.84. The number of amides is 1. The van der Waals surface area contributed by atoms with Gasteiger partial charge in [0.2, 0.25) is 0 Å². The number of hydrogen-bond acceptors (Lipinski definition) is 6. The molecular formula is C21H24N4O5S. The summed E-state index contributed by atoms with van der Waals surface area (Å²) < 4.78 is 40.5. The van der Waals surface area contributed by atoms with Crippen LogP contribution >= 0.6 is 0 Å². The number of hydrogen-bond donors (Lipinski definition) is 2. The zero-order valence-corrected chi connectivity index (χ0v) is 17.9. The normalized spacial score (nSPS) is 19.6. The summed E-state index contributed by atoms with van der Waals surface area (Å²) in [4.78, 5) is 14.7. The van der Waals surface area contributed by atoms with Crippen molar-refractivity contribution in [2.75, 3.05) is 31.5 Å². The van der Waals surface area contributed by atoms with Gasteiger partial charge in [-0.1, -0.05) is 6.07 Å². The van der Waals surface area contributed by atoms with Gasteiger partial charge in [0.05, 0.1) is 25.0 Å². The van der Waals surface area contributed by atoms with Crippen LogP contribution in [-0.4, -0.2) is 51.9 Å². The van der Waals surface area contributed by atoms with Crippen LogP contribution in [0.25, 0.3) is 0 Å². The highest BCUT2D eigenvalue weighted by molar-refractivity contribution is 7.91. The summed E-state index contributed by atoms with van der Waals surface area (Å²) in [5, 5.41) is 0. The summed E-state index contributed by atoms with van der Waals surface area (Å²) in [5.41, 5.74) is 7.26. The van der Waals surface area contributed by atoms with E-state index in [1.54, 1.807) is 49.6 Å². The third kappa shape index (κ3) is 4.58. The van der Waals surface area contributed by atoms with Gasteiger partial charge in [-0.15, -0.1) is 4.40 Å². The molecule has 9 nitrogen and oxygen atoms in total. The Balaban J connectivity index is 1.42. The average molecular weight is 445 g/mol. The van der Waals surface area contributed by atoms with E-state index >= 15 is 0 Å². The van der Waals surface area contributed by atoms with Crippen molar-refractivity contribution in [3.8, 4) is 11.5 Å². The van der Waals surface area contributed by atoms with E-state index in [0.29, 0.717) is 48.0 Å². The van der Waals surface area contributed by atoms with Gasteiger partial charge in [-0.3, -0.25) is 9.52 Å². The first-order chi connectivity index (χ1) is 14.9. The molecule has 31 heavy (non-hydrogen) atoms. The van der Waals surface area contributed by atoms with Gasteiger partial charge in [-0.25, -0.2) is 0 Å². The third-order valence-corrected chi connectivity index (χ3v) is 6.27. The number of benzene rings is 2. The molecule has 4 rings (SSSR count). The molecule has 3 N–H and O–H groups in total. The van der Waals surface area contributed by atoms with E-state index < -0.39 is 10.2 Å². The van der Waals surface area contributed by atoms with Crippen LogP contribution in [0.5, 0.6) is 11.5 Å². The van der Waals surface area contributed by atoms with Gasteiger partial charge in [0.15, 0.2) is 5.84 Å². The molecule has 1 fully saturated rings. The van der Waals surface area contributed by atoms with Gasteiger partial charge in [0, 0.05) is 24.6 Å². The zero-order chi connectivity index (χ0) is 22.0. The number of methoxy groups -OCH3 is 1. The van der Waals surface area contributed by atoms with E-state index in [2.05, 4.69) is 9.12 Å². The first kappa shape index (κ1) is 21.0. The Bertz CT molecular complexity index is 1120. The average Bonchev–Trinajstić information content (AvgIpc) is 2.76. The Hall–Kier alpha value is -3.27. The molecule has 2 aliphatic rings. The second-order valence-electron chi connectivity index (χ2n) is 7.53. The lowest BCUT2D eigenvalue weighted by Gasteiger charge is -2.33. The van der Waals surface area contributed by atoms with Gasteiger partial charge in [-0.05, 0) is 49.2 Å². The molecule has 2 aromatic rings. The number of nitrogens with zero attached hydrogens (tertiary/aromatic N) is 2. The number of ether oxygens (including phenoxy) is 2. The van der Waals surface area contributed by atoms with E-state index in [1.807, 2.05) is 4.90 Å². The SMILES string of the molecule is COc1ccc(C(=O)N2CCC[C@H](COc3cccc4c3C(N)=NS(=O)(=O)N4)C2)cc1. The van der Waals surface area contributed by atoms with Crippen molar-refractivity contribution in [2.24, 2.45) is 16.0 Å². The molecule has 2 aromatic carbocycles. The number of piperidine rings is 1. The number of rotatable bonds is 5. The van der Waals surface area contributed by atoms with Crippen LogP contribution in [0.15, 0.2) is 46.9 Å². The minimum Gasteiger partial charge on any atom is -0.497 e. The fourth-order valence-corrected chi connectivity index (χ4v) is 4.69. The summed E-state index contributed by atoms with van der Waals surface area (Å²) in [7, 11) is -2.25. The molecule has 0 saturated carbocycles. The summed E-state index contributed by atoms with van der Waals surface area (Å²) in [6.07, 6.45) is 1.81. The lowest BCUT2D eigenvalue weighted by Crippen LogP contribution is -2.41. The van der Waals surface area contributed by atoms with E-state index in [0.717, 1.165) is 12.8 Å². The molecule has 2 aliphatic heterocycles. The van der Waals surface area contributed by atoms with Gasteiger partial charge in [0.25, 0.3) is 5.91 Å². The van der Waals surface area contributed by atoms with Crippen molar-refractivity contribution >= 4 is 27.6 Å². The van der Waals surface area contributed by atoms with Crippen molar-refractivity contribution in [3.63, 3.8) is 0 Å². The van der Waals surface area contributed by atoms with Crippen molar-refractivity contribution < 1.29 is 22.7 Å². The summed E-state index contributed by atoms with van der Waals surface area (Å²) >= 11 is 0. The molecular weight excluding hydrogens is 420 g/mol. The van der Waals surface area contributed by atoms with Crippen LogP contribution in [0.2, 0.25) is 0 Å². The number of likely N-dealkylation sites (tertiary alicyclic amines) is 1. The van der Waals surface area contributed by atoms with Crippen LogP contribution in [-0.2, 0) is 10.2 Å². The maximum absolute atomic E-state index is 12.9. The summed E-state index contributed by atoms with van der Waals surface area (Å²) in [6, 6.07) is 12.1. The van der Waals surface area contributed by atoms with Crippen molar-refractivity contribution in [1.29, 1.82) is 0 Å². The maximum Gasteiger partial charge on any atom is 0.344 e. The molecule has 10 heteroatoms. The number of fused-ring (bicyclic) bond motifs is 1. The molecule has 0 radical (unpaired) electrons. The molecule has 0 spiro atoms. The number of carbonyl (C=O) groups excluding carboxylic acids is 1. The predicted octanol–water partition coefficient (Wildman–Crippen LogP) is 2.00. The first-order valence-electron chi connectivity index (χ1n) is 9.94. The topological polar surface area (TPSA) is 123 Å². The standard InChI is InChI=1S/C21H24N4O5S/c1-29-16-9-7-15(8-10-16)21(26)25-11-3-4-14(12-25)13-30-18-6-2-5-17-19(18)20(22)24-31(27,28)23-17/h2,5-10,14,23H,3-4,11-13H2,1H3,(H2,22,24)/t14-/m0/s1. The Morgan fingerprint density at radius 1 is 1.26 bits per heavy atom. The lowest BCUT2D eigenvalue weighted by atomic mass is 9.98. The highest BCUT2D eigenvalue weighted by atomic mass is 32.2. The highest BCUT2D eigenvalue weighted by Gasteiger charge is 2.27. The quantitative estimate of drug-likeness (QED) is 0.727. The van der Waals surface area contributed by atoms with Gasteiger partial charge < -0.3 is 20.1 Å². The Morgan fingerprint density at radius 2 is 2.03 bits per heavy atom. The van der Waals surface area contributed by atoms with E-state index in [1.165, 1.54) is 0 Å². The zero-order valence-electron chi connectivity index (χ0n) is 17.1. The first-order valence-corrected chi connectivity index (χ1v) is 11.4. The largest absolute Gasteiger partial charge is 0.497 e. The van der Waals surface area contributed by atoms with Crippen LogP contribution < -0.4 is 19.9 Å². The molecule has 1 amide bonds. The fraction of sp³-hybridized carbons (Fsp3) is 0.333. The minimum absolute atomic E-state index is 0.0183. The Morgan fingerprint density at radius 3 is 2.77 bits per heavy atom. The number of anilines is 1. The second-order valence-corrected chi connectivity index (χ2v) is 8.87. The van der Waals surface area contributed by atoms with E-state index in [9.17, 15) is 13.2 Å². The van der Waals surface area contributed by atoms with Gasteiger partial charge in [0.1, 0.15) is 11.5 Å². The molecule has 164 valence electrons. The maximum atomic E-state index is 12.9. The summed E-state index contributed by atoms with van der Waals surface area (Å²) in [5.74, 6) is 1.18. The van der Waals surface area contributed by atoms with Crippen LogP contribution in [0.3, 0.4) is 0 Å². The fourth-order valence-electron chi connectivity index (χ4n) is 3.85. The number of amidine groups is 1. The Labute approximate surface area is 181 Å². The lowest BCUT2D eigenvalue weighted by molar-refractivity contribution is 0.0633. The monoisotopic (exact) mass is 444 g/mol. The molecule has 0 unspecified atom stereocenters. The molecule has 1 saturated heterocycles. The predicted molar refractivity (Wildman–Crippen MR) is 117 cm³/mol. The van der Waals surface area contributed by atoms with Gasteiger partial charge in [-0.2, -0.15) is 8.42 Å². The smallest absolute Gasteiger partial charge is 0.344 e.